The molecule has 2 atom stereocenters. The molecule has 4 aromatic carbocycles. The predicted octanol–water partition coefficient (Wildman–Crippen LogP) is 9.52. The molecule has 0 radical (unpaired) electrons. The van der Waals surface area contributed by atoms with Crippen LogP contribution < -0.4 is 0 Å². The van der Waals surface area contributed by atoms with Gasteiger partial charge in [0, 0.05) is 0 Å². The summed E-state index contributed by atoms with van der Waals surface area (Å²) in [5.74, 6) is 0. The summed E-state index contributed by atoms with van der Waals surface area (Å²) < 4.78 is 7.64. The Balaban J connectivity index is 0.00000152. The first-order chi connectivity index (χ1) is 16.2. The maximum atomic E-state index is 3.79. The van der Waals surface area contributed by atoms with Crippen LogP contribution in [0.2, 0.25) is 9.26 Å². The molecule has 2 unspecified atom stereocenters. The Morgan fingerprint density at radius 3 is 2.03 bits per heavy atom. The Hall–Kier alpha value is -1.22. The van der Waals surface area contributed by atoms with Crippen LogP contribution >= 0.6 is 40.7 Å². The van der Waals surface area contributed by atoms with Gasteiger partial charge >= 0.3 is 215 Å². The van der Waals surface area contributed by atoms with E-state index in [4.69, 9.17) is 0 Å². The quantitative estimate of drug-likeness (QED) is 0.190. The molecular weight excluding hydrogens is 642 g/mol. The van der Waals surface area contributed by atoms with Crippen molar-refractivity contribution in [3.63, 3.8) is 0 Å². The van der Waals surface area contributed by atoms with Crippen molar-refractivity contribution in [1.82, 2.24) is 0 Å². The third kappa shape index (κ3) is 4.20. The summed E-state index contributed by atoms with van der Waals surface area (Å²) in [6, 6.07) is 34.0. The van der Waals surface area contributed by atoms with Crippen molar-refractivity contribution in [3.05, 3.63) is 123 Å². The van der Waals surface area contributed by atoms with Gasteiger partial charge in [-0.15, -0.1) is 24.8 Å². The van der Waals surface area contributed by atoms with Crippen molar-refractivity contribution in [1.29, 1.82) is 0 Å². The van der Waals surface area contributed by atoms with Gasteiger partial charge in [-0.1, -0.05) is 0 Å². The molecule has 0 nitrogen and oxygen atoms in total. The fourth-order valence-corrected chi connectivity index (χ4v) is 27.3. The van der Waals surface area contributed by atoms with Crippen molar-refractivity contribution < 1.29 is 17.4 Å². The van der Waals surface area contributed by atoms with Crippen LogP contribution in [0.25, 0.3) is 28.3 Å². The van der Waals surface area contributed by atoms with E-state index in [1.54, 1.807) is 16.7 Å². The summed E-state index contributed by atoms with van der Waals surface area (Å²) >= 11 is 0.263. The Morgan fingerprint density at radius 2 is 1.28 bits per heavy atom. The van der Waals surface area contributed by atoms with Crippen molar-refractivity contribution in [3.8, 4) is 22.3 Å². The van der Waals surface area contributed by atoms with Gasteiger partial charge in [0.1, 0.15) is 0 Å². The van der Waals surface area contributed by atoms with Gasteiger partial charge in [0.15, 0.2) is 0 Å². The van der Waals surface area contributed by atoms with Gasteiger partial charge in [0.25, 0.3) is 0 Å². The second-order valence-corrected chi connectivity index (χ2v) is 42.6. The molecule has 0 saturated carbocycles. The van der Waals surface area contributed by atoms with Gasteiger partial charge in [0.2, 0.25) is 0 Å². The van der Waals surface area contributed by atoms with Crippen LogP contribution in [0.1, 0.15) is 36.4 Å². The van der Waals surface area contributed by atoms with E-state index >= 15 is 0 Å². The molecule has 4 aromatic rings. The van der Waals surface area contributed by atoms with E-state index < -0.39 is 17.4 Å². The second-order valence-electron chi connectivity index (χ2n) is 11.2. The molecular formula is C31H31BrCl2SiZr. The van der Waals surface area contributed by atoms with Gasteiger partial charge in [-0.2, -0.15) is 0 Å². The third-order valence-electron chi connectivity index (χ3n) is 8.15. The molecule has 36 heavy (non-hydrogen) atoms. The first kappa shape index (κ1) is 27.8. The summed E-state index contributed by atoms with van der Waals surface area (Å²) in [5.41, 5.74) is 13.1. The molecule has 5 heteroatoms. The molecule has 0 amide bonds. The molecule has 0 spiro atoms. The number of hydrogen-bond acceptors (Lipinski definition) is 0. The minimum Gasteiger partial charge on any atom is -0.147 e. The Kier molecular flexibility index (Phi) is 7.59. The molecule has 0 heterocycles. The van der Waals surface area contributed by atoms with E-state index in [9.17, 15) is 0 Å². The molecule has 0 saturated heterocycles. The summed E-state index contributed by atoms with van der Waals surface area (Å²) in [4.78, 5) is 0. The van der Waals surface area contributed by atoms with Crippen molar-refractivity contribution in [2.45, 2.75) is 23.4 Å². The summed E-state index contributed by atoms with van der Waals surface area (Å²) in [7, 11) is 0. The van der Waals surface area contributed by atoms with Gasteiger partial charge in [-0.25, -0.2) is 0 Å². The molecule has 0 aromatic heterocycles. The van der Waals surface area contributed by atoms with Gasteiger partial charge in [-0.3, -0.25) is 0 Å². The summed E-state index contributed by atoms with van der Waals surface area (Å²) in [6.07, 6.45) is 2.50. The molecule has 0 aliphatic heterocycles. The summed E-state index contributed by atoms with van der Waals surface area (Å²) in [6.45, 7) is 4.80. The fourth-order valence-electron chi connectivity index (χ4n) is 7.05. The zero-order valence-electron chi connectivity index (χ0n) is 20.8. The van der Waals surface area contributed by atoms with E-state index in [-0.39, 0.29) is 24.8 Å². The molecule has 2 aliphatic rings. The molecule has 0 N–H and O–H groups in total. The number of allylic oxidation sites excluding steroid dienone is 1. The summed E-state index contributed by atoms with van der Waals surface area (Å²) in [5, 5.41) is 0. The van der Waals surface area contributed by atoms with Crippen LogP contribution in [0.4, 0.5) is 0 Å². The number of rotatable bonds is 3. The average molecular weight is 674 g/mol. The fraction of sp³-hybridized carbons (Fsp3) is 0.161. The van der Waals surface area contributed by atoms with E-state index in [1.807, 2.05) is 0 Å². The number of halogens is 3. The second kappa shape index (κ2) is 9.83. The first-order valence-electron chi connectivity index (χ1n) is 12.1. The van der Waals surface area contributed by atoms with Gasteiger partial charge < -0.3 is 0 Å². The average Bonchev–Trinajstić information content (AvgIpc) is 3.34. The Morgan fingerprint density at radius 1 is 0.667 bits per heavy atom. The maximum absolute atomic E-state index is 3.79. The zero-order chi connectivity index (χ0) is 23.7. The van der Waals surface area contributed by atoms with Crippen LogP contribution in [0.5, 0.6) is 0 Å². The van der Waals surface area contributed by atoms with Crippen LogP contribution in [-0.2, 0) is 17.4 Å². The van der Waals surface area contributed by atoms with Crippen LogP contribution in [0, 0.1) is 0 Å². The number of benzene rings is 4. The van der Waals surface area contributed by atoms with Gasteiger partial charge in [0.05, 0.1) is 0 Å². The van der Waals surface area contributed by atoms with Crippen LogP contribution in [-0.4, -0.2) is 6.88 Å². The van der Waals surface area contributed by atoms with Crippen LogP contribution in [0.3, 0.4) is 0 Å². The largest absolute Gasteiger partial charge is 0.147 e. The number of fused-ring (bicyclic) bond motifs is 4. The van der Waals surface area contributed by atoms with E-state index in [1.165, 1.54) is 37.9 Å². The van der Waals surface area contributed by atoms with Gasteiger partial charge in [-0.05, 0) is 0 Å². The normalized spacial score (nSPS) is 17.8. The maximum Gasteiger partial charge on any atom is -0.147 e. The Bertz CT molecular complexity index is 1570. The van der Waals surface area contributed by atoms with E-state index in [0.717, 1.165) is 0 Å². The molecule has 2 aliphatic carbocycles. The molecule has 0 bridgehead atoms. The zero-order valence-corrected chi connectivity index (χ0v) is 27.9. The Labute approximate surface area is 238 Å². The van der Waals surface area contributed by atoms with Crippen molar-refractivity contribution in [2.75, 3.05) is 0 Å². The van der Waals surface area contributed by atoms with E-state index in [0.29, 0.717) is 7.25 Å². The topological polar surface area (TPSA) is 0 Å². The van der Waals surface area contributed by atoms with E-state index in [2.05, 4.69) is 136 Å². The molecule has 0 fully saturated rings. The van der Waals surface area contributed by atoms with Crippen molar-refractivity contribution in [2.24, 2.45) is 0 Å². The smallest absolute Gasteiger partial charge is 0.147 e. The molecule has 6 rings (SSSR count). The minimum atomic E-state index is -3.53. The third-order valence-corrected chi connectivity index (χ3v) is 26.2. The van der Waals surface area contributed by atoms with Crippen LogP contribution in [0.15, 0.2) is 101 Å². The first-order valence-corrected chi connectivity index (χ1v) is 26.5. The van der Waals surface area contributed by atoms with Crippen molar-refractivity contribution >= 4 is 53.7 Å². The SMILES string of the molecule is CC1=Cc2c(-c3ccccc3)cccc2[CH]1[Zr]([CH3])([CH3])(=[SiH2])[CH]1c2ccccc2-c2ccc(Br)cc21.Cl.Cl. The number of hydrogen-bond donors (Lipinski definition) is 0. The minimum absolute atomic E-state index is 0. The predicted molar refractivity (Wildman–Crippen MR) is 164 cm³/mol. The monoisotopic (exact) mass is 670 g/mol. The molecule has 184 valence electrons. The standard InChI is InChI=1S/C16H13.C13H8Br.2CH3.2ClH.H2Si.Zr/c1-12-10-14-8-5-9-15(16(14)11-12)13-6-3-2-4-7-13;14-11-5-6-13-10(8-11)7-9-3-1-2-4-12(9)13;;;;;;/h2-11H,1H3;1-8H;2*1H3;2*1H;1H2;.